The molecule has 0 radical (unpaired) electrons. The Labute approximate surface area is 161 Å². The quantitative estimate of drug-likeness (QED) is 0.636. The number of rotatable bonds is 3. The highest BCUT2D eigenvalue weighted by atomic mass is 35.5. The van der Waals surface area contributed by atoms with Gasteiger partial charge in [0.05, 0.1) is 28.4 Å². The highest BCUT2D eigenvalue weighted by Gasteiger charge is 2.38. The summed E-state index contributed by atoms with van der Waals surface area (Å²) in [5.74, 6) is -0.903. The first kappa shape index (κ1) is 19.2. The fraction of sp³-hybridized carbons (Fsp3) is 0.118. The van der Waals surface area contributed by atoms with Crippen LogP contribution >= 0.6 is 23.2 Å². The lowest BCUT2D eigenvalue weighted by Crippen LogP contribution is -2.21. The minimum atomic E-state index is -4.87. The van der Waals surface area contributed by atoms with Crippen molar-refractivity contribution in [2.75, 3.05) is 12.4 Å². The number of nitrogens with zero attached hydrogens (tertiary/aromatic N) is 2. The normalized spacial score (nSPS) is 11.5. The fourth-order valence-electron chi connectivity index (χ4n) is 2.44. The van der Waals surface area contributed by atoms with Crippen molar-refractivity contribution in [1.82, 2.24) is 9.97 Å². The van der Waals surface area contributed by atoms with Gasteiger partial charge in [0, 0.05) is 17.8 Å². The summed E-state index contributed by atoms with van der Waals surface area (Å²) >= 11 is 11.8. The van der Waals surface area contributed by atoms with Gasteiger partial charge in [-0.1, -0.05) is 35.3 Å². The molecule has 0 aliphatic rings. The van der Waals surface area contributed by atoms with E-state index in [1.54, 1.807) is 6.07 Å². The summed E-state index contributed by atoms with van der Waals surface area (Å²) in [7, 11) is 1.32. The standard InChI is InChI=1S/C17H10Cl2F3N3O2/c1-27-12-4-2-3-8-5-9(15(17(20,21)22)24-13(8)12)16(26)25-14-10(18)6-23-7-11(14)19/h2-7H,1H3,(H,23,25,26). The maximum atomic E-state index is 13.5. The molecule has 27 heavy (non-hydrogen) atoms. The number of halogens is 5. The van der Waals surface area contributed by atoms with Gasteiger partial charge in [-0.05, 0) is 12.1 Å². The number of pyridine rings is 2. The summed E-state index contributed by atoms with van der Waals surface area (Å²) in [6.07, 6.45) is -2.46. The molecule has 0 fully saturated rings. The SMILES string of the molecule is COc1cccc2cc(C(=O)Nc3c(Cl)cncc3Cl)c(C(F)(F)F)nc12. The Morgan fingerprint density at radius 2 is 1.85 bits per heavy atom. The lowest BCUT2D eigenvalue weighted by Gasteiger charge is -2.15. The van der Waals surface area contributed by atoms with Crippen LogP contribution in [0.4, 0.5) is 18.9 Å². The van der Waals surface area contributed by atoms with Crippen LogP contribution in [-0.2, 0) is 6.18 Å². The van der Waals surface area contributed by atoms with Crippen LogP contribution in [0.3, 0.4) is 0 Å². The van der Waals surface area contributed by atoms with E-state index in [1.807, 2.05) is 0 Å². The molecule has 5 nitrogen and oxygen atoms in total. The lowest BCUT2D eigenvalue weighted by atomic mass is 10.1. The molecule has 3 rings (SSSR count). The second kappa shape index (κ2) is 7.21. The number of hydrogen-bond donors (Lipinski definition) is 1. The highest BCUT2D eigenvalue weighted by Crippen LogP contribution is 2.36. The largest absolute Gasteiger partial charge is 0.494 e. The number of ether oxygens (including phenoxy) is 1. The number of alkyl halides is 3. The smallest absolute Gasteiger partial charge is 0.434 e. The van der Waals surface area contributed by atoms with Crippen molar-refractivity contribution in [3.8, 4) is 5.75 Å². The molecule has 0 unspecified atom stereocenters. The number of hydrogen-bond acceptors (Lipinski definition) is 4. The van der Waals surface area contributed by atoms with Gasteiger partial charge in [0.25, 0.3) is 5.91 Å². The third-order valence-electron chi connectivity index (χ3n) is 3.63. The maximum absolute atomic E-state index is 13.5. The molecule has 0 aliphatic carbocycles. The summed E-state index contributed by atoms with van der Waals surface area (Å²) in [4.78, 5) is 19.9. The predicted molar refractivity (Wildman–Crippen MR) is 95.5 cm³/mol. The molecule has 140 valence electrons. The molecule has 2 aromatic heterocycles. The average molecular weight is 416 g/mol. The molecule has 0 saturated heterocycles. The van der Waals surface area contributed by atoms with Gasteiger partial charge in [-0.15, -0.1) is 0 Å². The van der Waals surface area contributed by atoms with E-state index in [-0.39, 0.29) is 27.0 Å². The summed E-state index contributed by atoms with van der Waals surface area (Å²) in [5.41, 5.74) is -2.08. The van der Waals surface area contributed by atoms with E-state index < -0.39 is 23.3 Å². The van der Waals surface area contributed by atoms with Crippen molar-refractivity contribution in [2.45, 2.75) is 6.18 Å². The van der Waals surface area contributed by atoms with Gasteiger partial charge in [0.2, 0.25) is 0 Å². The van der Waals surface area contributed by atoms with Crippen LogP contribution in [0.2, 0.25) is 10.0 Å². The molecule has 0 atom stereocenters. The topological polar surface area (TPSA) is 64.1 Å². The molecule has 10 heteroatoms. The molecule has 3 aromatic rings. The zero-order valence-electron chi connectivity index (χ0n) is 13.6. The summed E-state index contributed by atoms with van der Waals surface area (Å²) in [6.45, 7) is 0. The number of para-hydroxylation sites is 1. The van der Waals surface area contributed by atoms with Gasteiger partial charge in [0.15, 0.2) is 5.69 Å². The van der Waals surface area contributed by atoms with Crippen LogP contribution < -0.4 is 10.1 Å². The third kappa shape index (κ3) is 3.77. The van der Waals surface area contributed by atoms with Crippen LogP contribution in [0.1, 0.15) is 16.1 Å². The molecule has 2 heterocycles. The monoisotopic (exact) mass is 415 g/mol. The first-order chi connectivity index (χ1) is 12.7. The highest BCUT2D eigenvalue weighted by molar-refractivity contribution is 6.39. The first-order valence-electron chi connectivity index (χ1n) is 7.37. The number of carbonyl (C=O) groups is 1. The van der Waals surface area contributed by atoms with Gasteiger partial charge in [0.1, 0.15) is 11.3 Å². The minimum absolute atomic E-state index is 0.0103. The molecular formula is C17H10Cl2F3N3O2. The van der Waals surface area contributed by atoms with E-state index in [9.17, 15) is 18.0 Å². The number of benzene rings is 1. The van der Waals surface area contributed by atoms with E-state index >= 15 is 0 Å². The summed E-state index contributed by atoms with van der Waals surface area (Å²) in [5, 5.41) is 2.56. The Hall–Kier alpha value is -2.58. The van der Waals surface area contributed by atoms with E-state index in [1.165, 1.54) is 31.6 Å². The fourth-order valence-corrected chi connectivity index (χ4v) is 2.90. The number of aromatic nitrogens is 2. The van der Waals surface area contributed by atoms with E-state index in [0.29, 0.717) is 5.39 Å². The molecule has 0 spiro atoms. The summed E-state index contributed by atoms with van der Waals surface area (Å²) < 4.78 is 45.6. The van der Waals surface area contributed by atoms with Crippen LogP contribution in [0.5, 0.6) is 5.75 Å². The van der Waals surface area contributed by atoms with Crippen molar-refractivity contribution in [3.63, 3.8) is 0 Å². The van der Waals surface area contributed by atoms with Crippen molar-refractivity contribution in [3.05, 3.63) is 58.0 Å². The molecule has 0 bridgehead atoms. The van der Waals surface area contributed by atoms with Gasteiger partial charge in [-0.2, -0.15) is 13.2 Å². The van der Waals surface area contributed by atoms with E-state index in [0.717, 1.165) is 6.07 Å². The Morgan fingerprint density at radius 1 is 1.19 bits per heavy atom. The van der Waals surface area contributed by atoms with Crippen molar-refractivity contribution >= 4 is 45.7 Å². The zero-order valence-corrected chi connectivity index (χ0v) is 15.1. The number of fused-ring (bicyclic) bond motifs is 1. The number of carbonyl (C=O) groups excluding carboxylic acids is 1. The van der Waals surface area contributed by atoms with Gasteiger partial charge >= 0.3 is 6.18 Å². The average Bonchev–Trinajstić information content (AvgIpc) is 2.62. The molecule has 1 aromatic carbocycles. The van der Waals surface area contributed by atoms with Crippen molar-refractivity contribution in [1.29, 1.82) is 0 Å². The first-order valence-corrected chi connectivity index (χ1v) is 8.13. The number of methoxy groups -OCH3 is 1. The molecule has 1 amide bonds. The molecule has 0 saturated carbocycles. The molecular weight excluding hydrogens is 406 g/mol. The van der Waals surface area contributed by atoms with E-state index in [2.05, 4.69) is 15.3 Å². The van der Waals surface area contributed by atoms with Crippen LogP contribution in [0.25, 0.3) is 10.9 Å². The minimum Gasteiger partial charge on any atom is -0.494 e. The van der Waals surface area contributed by atoms with E-state index in [4.69, 9.17) is 27.9 Å². The third-order valence-corrected chi connectivity index (χ3v) is 4.21. The Morgan fingerprint density at radius 3 is 2.44 bits per heavy atom. The van der Waals surface area contributed by atoms with Crippen LogP contribution in [0, 0.1) is 0 Å². The maximum Gasteiger partial charge on any atom is 0.434 e. The van der Waals surface area contributed by atoms with Crippen LogP contribution in [0.15, 0.2) is 36.7 Å². The molecule has 1 N–H and O–H groups in total. The Kier molecular flexibility index (Phi) is 5.12. The van der Waals surface area contributed by atoms with Crippen molar-refractivity contribution < 1.29 is 22.7 Å². The number of amides is 1. The van der Waals surface area contributed by atoms with Gasteiger partial charge < -0.3 is 10.1 Å². The number of anilines is 1. The second-order valence-electron chi connectivity index (χ2n) is 5.35. The second-order valence-corrected chi connectivity index (χ2v) is 6.16. The van der Waals surface area contributed by atoms with Gasteiger partial charge in [-0.3, -0.25) is 9.78 Å². The lowest BCUT2D eigenvalue weighted by molar-refractivity contribution is -0.141. The van der Waals surface area contributed by atoms with Gasteiger partial charge in [-0.25, -0.2) is 4.98 Å². The zero-order chi connectivity index (χ0) is 19.8. The Bertz CT molecular complexity index is 1020. The molecule has 0 aliphatic heterocycles. The number of nitrogens with one attached hydrogen (secondary N) is 1. The van der Waals surface area contributed by atoms with Crippen LogP contribution in [-0.4, -0.2) is 23.0 Å². The Balaban J connectivity index is 2.16. The van der Waals surface area contributed by atoms with Crippen molar-refractivity contribution in [2.24, 2.45) is 0 Å². The predicted octanol–water partition coefficient (Wildman–Crippen LogP) is 5.22. The summed E-state index contributed by atoms with van der Waals surface area (Å²) in [6, 6.07) is 5.67.